The minimum absolute atomic E-state index is 0.0852. The van der Waals surface area contributed by atoms with Crippen molar-refractivity contribution >= 4 is 38.9 Å². The van der Waals surface area contributed by atoms with Crippen LogP contribution in [-0.4, -0.2) is 31.4 Å². The van der Waals surface area contributed by atoms with Gasteiger partial charge in [0.2, 0.25) is 0 Å². The molecule has 0 unspecified atom stereocenters. The number of hydrogen-bond donors (Lipinski definition) is 3. The molecular weight excluding hydrogens is 352 g/mol. The molecule has 1 heterocycles. The van der Waals surface area contributed by atoms with Gasteiger partial charge in [-0.3, -0.25) is 9.52 Å². The topological polar surface area (TPSA) is 113 Å². The fraction of sp³-hybridized carbons (Fsp3) is 0.200. The fourth-order valence-electron chi connectivity index (χ4n) is 2.00. The number of thiophene rings is 1. The Labute approximate surface area is 142 Å². The Morgan fingerprint density at radius 3 is 2.54 bits per heavy atom. The summed E-state index contributed by atoms with van der Waals surface area (Å²) in [6.45, 7) is 0. The van der Waals surface area contributed by atoms with E-state index >= 15 is 0 Å². The number of sulfonamides is 1. The number of amides is 1. The van der Waals surface area contributed by atoms with E-state index in [0.717, 1.165) is 30.2 Å². The lowest BCUT2D eigenvalue weighted by molar-refractivity contribution is 0.0697. The van der Waals surface area contributed by atoms with Crippen LogP contribution in [-0.2, 0) is 10.0 Å². The molecule has 0 bridgehead atoms. The number of rotatable bonds is 6. The molecule has 0 saturated heterocycles. The smallest absolute Gasteiger partial charge is 0.336 e. The van der Waals surface area contributed by atoms with E-state index < -0.39 is 16.0 Å². The molecule has 1 aliphatic carbocycles. The van der Waals surface area contributed by atoms with E-state index in [2.05, 4.69) is 10.0 Å². The zero-order valence-corrected chi connectivity index (χ0v) is 14.0. The molecule has 0 aliphatic heterocycles. The predicted molar refractivity (Wildman–Crippen MR) is 89.0 cm³/mol. The summed E-state index contributed by atoms with van der Waals surface area (Å²) in [6.07, 6.45) is 1.92. The molecule has 126 valence electrons. The van der Waals surface area contributed by atoms with Gasteiger partial charge in [0.15, 0.2) is 0 Å². The number of carbonyl (C=O) groups is 2. The summed E-state index contributed by atoms with van der Waals surface area (Å²) in [4.78, 5) is 22.9. The van der Waals surface area contributed by atoms with Crippen LogP contribution in [0.25, 0.3) is 0 Å². The van der Waals surface area contributed by atoms with Gasteiger partial charge in [-0.15, -0.1) is 11.3 Å². The van der Waals surface area contributed by atoms with Crippen LogP contribution in [0.2, 0.25) is 0 Å². The van der Waals surface area contributed by atoms with E-state index in [1.807, 2.05) is 0 Å². The minimum atomic E-state index is -3.91. The SMILES string of the molecule is O=C(O)c1csc(S(=O)(=O)Nc2cccc(C(=O)NC3CC3)c2)c1. The summed E-state index contributed by atoms with van der Waals surface area (Å²) >= 11 is 0.821. The first-order valence-electron chi connectivity index (χ1n) is 7.11. The van der Waals surface area contributed by atoms with Gasteiger partial charge in [-0.25, -0.2) is 13.2 Å². The predicted octanol–water partition coefficient (Wildman–Crippen LogP) is 2.14. The van der Waals surface area contributed by atoms with Gasteiger partial charge in [-0.05, 0) is 37.1 Å². The number of carboxylic acids is 1. The Morgan fingerprint density at radius 2 is 1.92 bits per heavy atom. The molecule has 1 fully saturated rings. The van der Waals surface area contributed by atoms with E-state index in [1.165, 1.54) is 17.5 Å². The van der Waals surface area contributed by atoms with Gasteiger partial charge >= 0.3 is 5.97 Å². The van der Waals surface area contributed by atoms with Gasteiger partial charge in [-0.2, -0.15) is 0 Å². The minimum Gasteiger partial charge on any atom is -0.478 e. The molecule has 0 atom stereocenters. The quantitative estimate of drug-likeness (QED) is 0.725. The first kappa shape index (κ1) is 16.5. The first-order valence-corrected chi connectivity index (χ1v) is 9.47. The standard InChI is InChI=1S/C15H14N2O5S2/c18-14(16-11-4-5-11)9-2-1-3-12(6-9)17-24(21,22)13-7-10(8-23-13)15(19)20/h1-3,6-8,11,17H,4-5H2,(H,16,18)(H,19,20). The summed E-state index contributed by atoms with van der Waals surface area (Å²) in [5, 5.41) is 13.0. The highest BCUT2D eigenvalue weighted by atomic mass is 32.2. The number of anilines is 1. The van der Waals surface area contributed by atoms with Crippen LogP contribution in [0, 0.1) is 0 Å². The van der Waals surface area contributed by atoms with Gasteiger partial charge in [0.25, 0.3) is 15.9 Å². The van der Waals surface area contributed by atoms with Crippen LogP contribution in [0.1, 0.15) is 33.6 Å². The average molecular weight is 366 g/mol. The Morgan fingerprint density at radius 1 is 1.17 bits per heavy atom. The van der Waals surface area contributed by atoms with Crippen molar-refractivity contribution < 1.29 is 23.1 Å². The molecule has 3 N–H and O–H groups in total. The number of aromatic carboxylic acids is 1. The molecule has 0 radical (unpaired) electrons. The summed E-state index contributed by atoms with van der Waals surface area (Å²) < 4.78 is 26.9. The van der Waals surface area contributed by atoms with Gasteiger partial charge < -0.3 is 10.4 Å². The van der Waals surface area contributed by atoms with Crippen LogP contribution < -0.4 is 10.0 Å². The summed E-state index contributed by atoms with van der Waals surface area (Å²) in [5.74, 6) is -1.44. The summed E-state index contributed by atoms with van der Waals surface area (Å²) in [6, 6.07) is 7.45. The zero-order valence-electron chi connectivity index (χ0n) is 12.4. The normalized spacial score (nSPS) is 14.2. The Balaban J connectivity index is 1.78. The molecule has 7 nitrogen and oxygen atoms in total. The van der Waals surface area contributed by atoms with Crippen LogP contribution in [0.15, 0.2) is 39.9 Å². The molecule has 24 heavy (non-hydrogen) atoms. The van der Waals surface area contributed by atoms with Crippen molar-refractivity contribution in [1.29, 1.82) is 0 Å². The lowest BCUT2D eigenvalue weighted by Crippen LogP contribution is -2.25. The van der Waals surface area contributed by atoms with Crippen molar-refractivity contribution in [2.75, 3.05) is 4.72 Å². The molecule has 1 aliphatic rings. The van der Waals surface area contributed by atoms with E-state index in [4.69, 9.17) is 5.11 Å². The third-order valence-corrected chi connectivity index (χ3v) is 6.20. The summed E-state index contributed by atoms with van der Waals surface area (Å²) in [7, 11) is -3.91. The fourth-order valence-corrected chi connectivity index (χ4v) is 4.20. The van der Waals surface area contributed by atoms with Crippen molar-refractivity contribution in [1.82, 2.24) is 5.32 Å². The maximum Gasteiger partial charge on any atom is 0.336 e. The zero-order chi connectivity index (χ0) is 17.3. The molecule has 2 aromatic rings. The molecular formula is C15H14N2O5S2. The maximum absolute atomic E-state index is 12.3. The highest BCUT2D eigenvalue weighted by Gasteiger charge is 2.24. The number of carboxylic acid groups (broad SMARTS) is 1. The monoisotopic (exact) mass is 366 g/mol. The second kappa shape index (κ2) is 6.25. The average Bonchev–Trinajstić information content (AvgIpc) is 3.17. The largest absolute Gasteiger partial charge is 0.478 e. The molecule has 1 aromatic carbocycles. The van der Waals surface area contributed by atoms with Crippen molar-refractivity contribution in [2.45, 2.75) is 23.1 Å². The van der Waals surface area contributed by atoms with Crippen LogP contribution in [0.3, 0.4) is 0 Å². The number of nitrogens with one attached hydrogen (secondary N) is 2. The lowest BCUT2D eigenvalue weighted by atomic mass is 10.2. The Hall–Kier alpha value is -2.39. The lowest BCUT2D eigenvalue weighted by Gasteiger charge is -2.08. The van der Waals surface area contributed by atoms with Crippen molar-refractivity contribution in [3.05, 3.63) is 46.8 Å². The van der Waals surface area contributed by atoms with E-state index in [9.17, 15) is 18.0 Å². The van der Waals surface area contributed by atoms with Crippen molar-refractivity contribution in [3.63, 3.8) is 0 Å². The highest BCUT2D eigenvalue weighted by Crippen LogP contribution is 2.24. The van der Waals surface area contributed by atoms with E-state index in [0.29, 0.717) is 5.56 Å². The third-order valence-electron chi connectivity index (χ3n) is 3.38. The molecule has 3 rings (SSSR count). The highest BCUT2D eigenvalue weighted by molar-refractivity contribution is 7.94. The molecule has 1 amide bonds. The molecule has 1 saturated carbocycles. The number of benzene rings is 1. The number of carbonyl (C=O) groups excluding carboxylic acids is 1. The Bertz CT molecular complexity index is 900. The third kappa shape index (κ3) is 3.74. The van der Waals surface area contributed by atoms with Crippen molar-refractivity contribution in [2.24, 2.45) is 0 Å². The van der Waals surface area contributed by atoms with Gasteiger partial charge in [0.1, 0.15) is 4.21 Å². The van der Waals surface area contributed by atoms with Gasteiger partial charge in [0.05, 0.1) is 5.56 Å². The molecule has 0 spiro atoms. The number of hydrogen-bond acceptors (Lipinski definition) is 5. The Kier molecular flexibility index (Phi) is 4.29. The van der Waals surface area contributed by atoms with Crippen molar-refractivity contribution in [3.8, 4) is 0 Å². The van der Waals surface area contributed by atoms with E-state index in [-0.39, 0.29) is 27.4 Å². The molecule has 1 aromatic heterocycles. The van der Waals surface area contributed by atoms with Gasteiger partial charge in [0, 0.05) is 22.7 Å². The summed E-state index contributed by atoms with van der Waals surface area (Å²) in [5.41, 5.74) is 0.515. The van der Waals surface area contributed by atoms with Crippen LogP contribution in [0.4, 0.5) is 5.69 Å². The second-order valence-corrected chi connectivity index (χ2v) is 8.21. The van der Waals surface area contributed by atoms with E-state index in [1.54, 1.807) is 12.1 Å². The van der Waals surface area contributed by atoms with Gasteiger partial charge in [-0.1, -0.05) is 6.07 Å². The first-order chi connectivity index (χ1) is 11.3. The maximum atomic E-state index is 12.3. The molecule has 9 heteroatoms. The van der Waals surface area contributed by atoms with Crippen LogP contribution in [0.5, 0.6) is 0 Å². The second-order valence-electron chi connectivity index (χ2n) is 5.39. The van der Waals surface area contributed by atoms with Crippen LogP contribution >= 0.6 is 11.3 Å².